The molecular formula is C12H11Cl2NO2. The number of aromatic nitrogens is 1. The van der Waals surface area contributed by atoms with E-state index < -0.39 is 5.97 Å². The molecule has 0 fully saturated rings. The van der Waals surface area contributed by atoms with Gasteiger partial charge in [0.05, 0.1) is 10.4 Å². The van der Waals surface area contributed by atoms with E-state index >= 15 is 0 Å². The predicted octanol–water partition coefficient (Wildman–Crippen LogP) is 2.24. The highest BCUT2D eigenvalue weighted by Crippen LogP contribution is 2.17. The fourth-order valence-corrected chi connectivity index (χ4v) is 2.02. The van der Waals surface area contributed by atoms with Gasteiger partial charge in [-0.05, 0) is 19.9 Å². The Morgan fingerprint density at radius 3 is 2.47 bits per heavy atom. The molecule has 17 heavy (non-hydrogen) atoms. The lowest BCUT2D eigenvalue weighted by atomic mass is 10.2. The molecule has 90 valence electrons. The van der Waals surface area contributed by atoms with Gasteiger partial charge in [-0.1, -0.05) is 41.4 Å². The molecule has 1 heterocycles. The van der Waals surface area contributed by atoms with E-state index in [-0.39, 0.29) is 15.7 Å². The molecule has 0 spiro atoms. The number of carboxylic acid groups (broad SMARTS) is 1. The van der Waals surface area contributed by atoms with Gasteiger partial charge in [-0.2, -0.15) is 0 Å². The van der Waals surface area contributed by atoms with Crippen LogP contribution in [0.15, 0.2) is 12.2 Å². The molecule has 0 aromatic carbocycles. The number of hydrogen-bond acceptors (Lipinski definition) is 2. The van der Waals surface area contributed by atoms with Gasteiger partial charge in [0.1, 0.15) is 10.7 Å². The minimum atomic E-state index is -1.19. The highest BCUT2D eigenvalue weighted by Gasteiger charge is 2.16. The Balaban J connectivity index is 3.77. The van der Waals surface area contributed by atoms with Gasteiger partial charge in [0, 0.05) is 5.22 Å². The summed E-state index contributed by atoms with van der Waals surface area (Å²) in [6.45, 7) is 3.62. The standard InChI is InChI=1S/C12H11Cl2NO2/c1-3-5-6-8-7(4-2)10(13)9(12(16)17)11(14)15-8/h3-6H,1-2H3,(H,16,17)/b5-3-,7-4+,8-6+. The molecule has 0 aliphatic rings. The Labute approximate surface area is 109 Å². The monoisotopic (exact) mass is 271 g/mol. The van der Waals surface area contributed by atoms with Crippen LogP contribution < -0.4 is 10.6 Å². The third-order valence-electron chi connectivity index (χ3n) is 2.11. The van der Waals surface area contributed by atoms with Crippen LogP contribution in [0.4, 0.5) is 0 Å². The van der Waals surface area contributed by atoms with Crippen molar-refractivity contribution >= 4 is 41.3 Å². The lowest BCUT2D eigenvalue weighted by Crippen LogP contribution is -2.31. The van der Waals surface area contributed by atoms with E-state index in [1.165, 1.54) is 0 Å². The summed E-state index contributed by atoms with van der Waals surface area (Å²) in [5, 5.41) is 10.1. The smallest absolute Gasteiger partial charge is 0.340 e. The normalized spacial score (nSPS) is 13.6. The molecule has 1 N–H and O–H groups in total. The minimum absolute atomic E-state index is 0.107. The summed E-state index contributed by atoms with van der Waals surface area (Å²) >= 11 is 11.8. The van der Waals surface area contributed by atoms with Gasteiger partial charge < -0.3 is 5.11 Å². The maximum Gasteiger partial charge on any atom is 0.340 e. The summed E-state index contributed by atoms with van der Waals surface area (Å²) in [6, 6.07) is 0. The zero-order valence-electron chi connectivity index (χ0n) is 9.37. The lowest BCUT2D eigenvalue weighted by Gasteiger charge is -2.02. The molecule has 3 nitrogen and oxygen atoms in total. The zero-order valence-corrected chi connectivity index (χ0v) is 10.9. The van der Waals surface area contributed by atoms with E-state index in [4.69, 9.17) is 28.3 Å². The summed E-state index contributed by atoms with van der Waals surface area (Å²) in [4.78, 5) is 15.0. The first kappa shape index (κ1) is 13.7. The van der Waals surface area contributed by atoms with Crippen molar-refractivity contribution in [1.82, 2.24) is 4.98 Å². The van der Waals surface area contributed by atoms with Crippen LogP contribution in [-0.2, 0) is 0 Å². The summed E-state index contributed by atoms with van der Waals surface area (Å²) < 4.78 is 0. The number of carbonyl (C=O) groups is 1. The molecule has 0 aliphatic heterocycles. The molecule has 1 rings (SSSR count). The predicted molar refractivity (Wildman–Crippen MR) is 69.9 cm³/mol. The van der Waals surface area contributed by atoms with Gasteiger partial charge in [-0.15, -0.1) is 0 Å². The maximum atomic E-state index is 11.0. The highest BCUT2D eigenvalue weighted by molar-refractivity contribution is 6.38. The number of rotatable bonds is 2. The molecule has 0 bridgehead atoms. The molecule has 0 amide bonds. The number of carboxylic acids is 1. The Hall–Kier alpha value is -1.32. The van der Waals surface area contributed by atoms with Crippen LogP contribution in [0.3, 0.4) is 0 Å². The highest BCUT2D eigenvalue weighted by atomic mass is 35.5. The van der Waals surface area contributed by atoms with Crippen molar-refractivity contribution in [2.75, 3.05) is 0 Å². The molecule has 0 saturated heterocycles. The molecule has 5 heteroatoms. The Bertz CT molecular complexity index is 592. The number of aromatic carboxylic acids is 1. The largest absolute Gasteiger partial charge is 0.478 e. The van der Waals surface area contributed by atoms with Crippen LogP contribution in [-0.4, -0.2) is 16.1 Å². The SMILES string of the molecule is C\C=C/C=c1/nc(Cl)c(C(=O)O)c(Cl)/c1=C/C. The van der Waals surface area contributed by atoms with Crippen LogP contribution in [0.5, 0.6) is 0 Å². The fourth-order valence-electron chi connectivity index (χ4n) is 1.33. The van der Waals surface area contributed by atoms with E-state index in [0.29, 0.717) is 10.6 Å². The summed E-state index contributed by atoms with van der Waals surface area (Å²) in [5.74, 6) is -1.19. The molecule has 0 atom stereocenters. The second kappa shape index (κ2) is 5.84. The van der Waals surface area contributed by atoms with Crippen molar-refractivity contribution in [3.8, 4) is 0 Å². The average Bonchev–Trinajstić information content (AvgIpc) is 2.25. The number of allylic oxidation sites excluding steroid dienone is 2. The number of hydrogen-bond donors (Lipinski definition) is 1. The molecule has 0 radical (unpaired) electrons. The first-order valence-corrected chi connectivity index (χ1v) is 5.66. The Morgan fingerprint density at radius 2 is 2.00 bits per heavy atom. The van der Waals surface area contributed by atoms with Crippen molar-refractivity contribution in [2.45, 2.75) is 13.8 Å². The second-order valence-electron chi connectivity index (χ2n) is 3.18. The van der Waals surface area contributed by atoms with E-state index in [0.717, 1.165) is 0 Å². The van der Waals surface area contributed by atoms with Crippen LogP contribution >= 0.6 is 23.2 Å². The molecule has 1 aromatic heterocycles. The first-order valence-electron chi connectivity index (χ1n) is 4.90. The minimum Gasteiger partial charge on any atom is -0.478 e. The Morgan fingerprint density at radius 1 is 1.35 bits per heavy atom. The van der Waals surface area contributed by atoms with Crippen molar-refractivity contribution < 1.29 is 9.90 Å². The van der Waals surface area contributed by atoms with Crippen molar-refractivity contribution in [3.05, 3.63) is 38.5 Å². The molecule has 0 aliphatic carbocycles. The van der Waals surface area contributed by atoms with Gasteiger partial charge in [0.15, 0.2) is 0 Å². The van der Waals surface area contributed by atoms with Crippen molar-refractivity contribution in [3.63, 3.8) is 0 Å². The average molecular weight is 272 g/mol. The van der Waals surface area contributed by atoms with Gasteiger partial charge in [0.2, 0.25) is 0 Å². The van der Waals surface area contributed by atoms with E-state index in [1.807, 2.05) is 13.0 Å². The third kappa shape index (κ3) is 2.87. The molecule has 0 unspecified atom stereocenters. The topological polar surface area (TPSA) is 50.2 Å². The number of halogens is 2. The lowest BCUT2D eigenvalue weighted by molar-refractivity contribution is 0.0696. The van der Waals surface area contributed by atoms with Crippen molar-refractivity contribution in [1.29, 1.82) is 0 Å². The summed E-state index contributed by atoms with van der Waals surface area (Å²) in [5.41, 5.74) is -0.168. The Kier molecular flexibility index (Phi) is 4.73. The van der Waals surface area contributed by atoms with Gasteiger partial charge in [-0.25, -0.2) is 9.78 Å². The van der Waals surface area contributed by atoms with E-state index in [2.05, 4.69) is 4.98 Å². The van der Waals surface area contributed by atoms with Crippen LogP contribution in [0.25, 0.3) is 12.2 Å². The van der Waals surface area contributed by atoms with Gasteiger partial charge in [-0.3, -0.25) is 0 Å². The van der Waals surface area contributed by atoms with Gasteiger partial charge >= 0.3 is 5.97 Å². The van der Waals surface area contributed by atoms with Crippen LogP contribution in [0.1, 0.15) is 24.2 Å². The van der Waals surface area contributed by atoms with E-state index in [9.17, 15) is 4.79 Å². The molecule has 1 aromatic rings. The second-order valence-corrected chi connectivity index (χ2v) is 3.91. The number of pyridine rings is 1. The summed E-state index contributed by atoms with van der Waals surface area (Å²) in [7, 11) is 0. The quantitative estimate of drug-likeness (QED) is 0.840. The first-order chi connectivity index (χ1) is 8.02. The molecular weight excluding hydrogens is 261 g/mol. The fraction of sp³-hybridized carbons (Fsp3) is 0.167. The van der Waals surface area contributed by atoms with E-state index in [1.54, 1.807) is 25.2 Å². The third-order valence-corrected chi connectivity index (χ3v) is 2.77. The van der Waals surface area contributed by atoms with Crippen LogP contribution in [0, 0.1) is 0 Å². The van der Waals surface area contributed by atoms with Crippen molar-refractivity contribution in [2.24, 2.45) is 0 Å². The molecule has 0 saturated carbocycles. The summed E-state index contributed by atoms with van der Waals surface area (Å²) in [6.07, 6.45) is 7.03. The number of nitrogens with zero attached hydrogens (tertiary/aromatic N) is 1. The van der Waals surface area contributed by atoms with Crippen LogP contribution in [0.2, 0.25) is 10.2 Å². The van der Waals surface area contributed by atoms with Gasteiger partial charge in [0.25, 0.3) is 0 Å². The zero-order chi connectivity index (χ0) is 13.0. The maximum absolute atomic E-state index is 11.0.